The number of hydrogen-bond acceptors (Lipinski definition) is 4. The molecule has 2 rings (SSSR count). The zero-order valence-electron chi connectivity index (χ0n) is 9.72. The van der Waals surface area contributed by atoms with Crippen LogP contribution >= 0.6 is 27.7 Å². The van der Waals surface area contributed by atoms with Crippen LogP contribution < -0.4 is 4.90 Å². The Kier molecular flexibility index (Phi) is 3.97. The van der Waals surface area contributed by atoms with Crippen molar-refractivity contribution in [3.05, 3.63) is 22.7 Å². The largest absolute Gasteiger partial charge is 0.506 e. The summed E-state index contributed by atoms with van der Waals surface area (Å²) in [6, 6.07) is 4.95. The molecule has 1 aliphatic heterocycles. The van der Waals surface area contributed by atoms with E-state index in [1.807, 2.05) is 0 Å². The van der Waals surface area contributed by atoms with Gasteiger partial charge in [-0.2, -0.15) is 0 Å². The number of hydrogen-bond donors (Lipinski definition) is 1. The molecule has 96 valence electrons. The Hall–Kier alpha value is -1.01. The van der Waals surface area contributed by atoms with Crippen molar-refractivity contribution in [2.45, 2.75) is 18.6 Å². The summed E-state index contributed by atoms with van der Waals surface area (Å²) in [5.41, 5.74) is 0.487. The number of amides is 1. The van der Waals surface area contributed by atoms with E-state index >= 15 is 0 Å². The van der Waals surface area contributed by atoms with Gasteiger partial charge in [0.2, 0.25) is 5.91 Å². The standard InChI is InChI=1S/C12H12BrNO3S/c1-7(15)18-9-5-12(17)14(6-9)10-4-8(13)2-3-11(10)16/h2-4,9,16H,5-6H2,1H3. The minimum Gasteiger partial charge on any atom is -0.506 e. The second-order valence-electron chi connectivity index (χ2n) is 4.07. The number of carbonyl (C=O) groups is 2. The van der Waals surface area contributed by atoms with Gasteiger partial charge in [0, 0.05) is 29.6 Å². The molecule has 1 heterocycles. The van der Waals surface area contributed by atoms with Gasteiger partial charge in [-0.15, -0.1) is 0 Å². The van der Waals surface area contributed by atoms with Crippen LogP contribution in [0.1, 0.15) is 13.3 Å². The molecule has 0 saturated carbocycles. The lowest BCUT2D eigenvalue weighted by Gasteiger charge is -2.18. The molecule has 18 heavy (non-hydrogen) atoms. The Morgan fingerprint density at radius 1 is 1.56 bits per heavy atom. The van der Waals surface area contributed by atoms with E-state index in [9.17, 15) is 14.7 Å². The maximum Gasteiger partial charge on any atom is 0.228 e. The zero-order valence-corrected chi connectivity index (χ0v) is 12.1. The number of benzene rings is 1. The van der Waals surface area contributed by atoms with Gasteiger partial charge in [0.25, 0.3) is 0 Å². The van der Waals surface area contributed by atoms with Crippen molar-refractivity contribution >= 4 is 44.4 Å². The van der Waals surface area contributed by atoms with E-state index in [4.69, 9.17) is 0 Å². The number of thioether (sulfide) groups is 1. The number of halogens is 1. The molecule has 6 heteroatoms. The SMILES string of the molecule is CC(=O)SC1CC(=O)N(c2cc(Br)ccc2O)C1. The van der Waals surface area contributed by atoms with E-state index in [0.29, 0.717) is 18.7 Å². The fourth-order valence-corrected chi connectivity index (χ4v) is 3.20. The van der Waals surface area contributed by atoms with Crippen LogP contribution in [0.2, 0.25) is 0 Å². The van der Waals surface area contributed by atoms with Crippen molar-refractivity contribution in [3.8, 4) is 5.75 Å². The van der Waals surface area contributed by atoms with Gasteiger partial charge >= 0.3 is 0 Å². The first kappa shape index (κ1) is 13.4. The van der Waals surface area contributed by atoms with Crippen LogP contribution in [-0.2, 0) is 9.59 Å². The van der Waals surface area contributed by atoms with Crippen LogP contribution in [-0.4, -0.2) is 27.9 Å². The third-order valence-electron chi connectivity index (χ3n) is 2.65. The Morgan fingerprint density at radius 3 is 2.94 bits per heavy atom. The average molecular weight is 330 g/mol. The molecule has 1 aromatic carbocycles. The smallest absolute Gasteiger partial charge is 0.228 e. The fourth-order valence-electron chi connectivity index (χ4n) is 1.93. The van der Waals surface area contributed by atoms with Gasteiger partial charge in [0.15, 0.2) is 5.12 Å². The highest BCUT2D eigenvalue weighted by Crippen LogP contribution is 2.35. The van der Waals surface area contributed by atoms with Crippen molar-refractivity contribution in [1.29, 1.82) is 0 Å². The Bertz CT molecular complexity index is 506. The molecular formula is C12H12BrNO3S. The van der Waals surface area contributed by atoms with Gasteiger partial charge < -0.3 is 10.0 Å². The first-order valence-electron chi connectivity index (χ1n) is 5.43. The third kappa shape index (κ3) is 2.87. The van der Waals surface area contributed by atoms with Crippen molar-refractivity contribution in [2.24, 2.45) is 0 Å². The molecule has 0 spiro atoms. The quantitative estimate of drug-likeness (QED) is 0.905. The van der Waals surface area contributed by atoms with Gasteiger partial charge in [0.1, 0.15) is 5.75 Å². The molecule has 1 atom stereocenters. The molecule has 1 unspecified atom stereocenters. The number of carbonyl (C=O) groups excluding carboxylic acids is 2. The highest BCUT2D eigenvalue weighted by atomic mass is 79.9. The second-order valence-corrected chi connectivity index (χ2v) is 6.47. The van der Waals surface area contributed by atoms with Gasteiger partial charge in [-0.25, -0.2) is 0 Å². The van der Waals surface area contributed by atoms with Crippen LogP contribution in [0.4, 0.5) is 5.69 Å². The lowest BCUT2D eigenvalue weighted by Crippen LogP contribution is -2.25. The summed E-state index contributed by atoms with van der Waals surface area (Å²) >= 11 is 4.49. The highest BCUT2D eigenvalue weighted by molar-refractivity contribution is 9.10. The average Bonchev–Trinajstić information content (AvgIpc) is 2.62. The minimum atomic E-state index is -0.0675. The van der Waals surface area contributed by atoms with E-state index in [-0.39, 0.29) is 22.0 Å². The fraction of sp³-hybridized carbons (Fsp3) is 0.333. The van der Waals surface area contributed by atoms with Crippen LogP contribution in [0, 0.1) is 0 Å². The summed E-state index contributed by atoms with van der Waals surface area (Å²) in [6.45, 7) is 1.95. The summed E-state index contributed by atoms with van der Waals surface area (Å²) in [6.07, 6.45) is 0.330. The summed E-state index contributed by atoms with van der Waals surface area (Å²) in [7, 11) is 0. The highest BCUT2D eigenvalue weighted by Gasteiger charge is 2.33. The summed E-state index contributed by atoms with van der Waals surface area (Å²) in [5, 5.41) is 9.77. The lowest BCUT2D eigenvalue weighted by atomic mass is 10.2. The number of phenols is 1. The van der Waals surface area contributed by atoms with Crippen molar-refractivity contribution < 1.29 is 14.7 Å². The van der Waals surface area contributed by atoms with Crippen molar-refractivity contribution in [2.75, 3.05) is 11.4 Å². The number of rotatable bonds is 2. The summed E-state index contributed by atoms with van der Waals surface area (Å²) < 4.78 is 0.797. The Balaban J connectivity index is 2.21. The molecule has 0 bridgehead atoms. The maximum atomic E-state index is 11.9. The van der Waals surface area contributed by atoms with Crippen LogP contribution in [0.5, 0.6) is 5.75 Å². The molecule has 1 saturated heterocycles. The number of anilines is 1. The molecule has 1 aromatic rings. The normalized spacial score (nSPS) is 19.3. The first-order chi connectivity index (χ1) is 8.47. The molecule has 0 aromatic heterocycles. The number of nitrogens with zero attached hydrogens (tertiary/aromatic N) is 1. The summed E-state index contributed by atoms with van der Waals surface area (Å²) in [4.78, 5) is 24.5. The lowest BCUT2D eigenvalue weighted by molar-refractivity contribution is -0.117. The first-order valence-corrected chi connectivity index (χ1v) is 7.10. The molecule has 1 N–H and O–H groups in total. The van der Waals surface area contributed by atoms with E-state index in [1.165, 1.54) is 29.7 Å². The van der Waals surface area contributed by atoms with Gasteiger partial charge in [-0.1, -0.05) is 27.7 Å². The van der Waals surface area contributed by atoms with Gasteiger partial charge in [-0.05, 0) is 18.2 Å². The monoisotopic (exact) mass is 329 g/mol. The van der Waals surface area contributed by atoms with Crippen LogP contribution in [0.15, 0.2) is 22.7 Å². The van der Waals surface area contributed by atoms with E-state index in [2.05, 4.69) is 15.9 Å². The molecule has 0 radical (unpaired) electrons. The predicted molar refractivity (Wildman–Crippen MR) is 74.8 cm³/mol. The van der Waals surface area contributed by atoms with Crippen molar-refractivity contribution in [3.63, 3.8) is 0 Å². The molecule has 1 aliphatic rings. The maximum absolute atomic E-state index is 11.9. The van der Waals surface area contributed by atoms with Crippen LogP contribution in [0.3, 0.4) is 0 Å². The molecule has 0 aliphatic carbocycles. The zero-order chi connectivity index (χ0) is 13.3. The van der Waals surface area contributed by atoms with E-state index < -0.39 is 0 Å². The van der Waals surface area contributed by atoms with Crippen molar-refractivity contribution in [1.82, 2.24) is 0 Å². The molecule has 4 nitrogen and oxygen atoms in total. The van der Waals surface area contributed by atoms with Gasteiger partial charge in [0.05, 0.1) is 5.69 Å². The minimum absolute atomic E-state index is 0.00751. The third-order valence-corrected chi connectivity index (χ3v) is 4.12. The van der Waals surface area contributed by atoms with E-state index in [1.54, 1.807) is 12.1 Å². The number of aromatic hydroxyl groups is 1. The Morgan fingerprint density at radius 2 is 2.28 bits per heavy atom. The number of phenolic OH excluding ortho intramolecular Hbond substituents is 1. The molecular weight excluding hydrogens is 318 g/mol. The topological polar surface area (TPSA) is 57.6 Å². The van der Waals surface area contributed by atoms with E-state index in [0.717, 1.165) is 4.47 Å². The second kappa shape index (κ2) is 5.32. The summed E-state index contributed by atoms with van der Waals surface area (Å²) in [5.74, 6) is 0.00201. The van der Waals surface area contributed by atoms with Gasteiger partial charge in [-0.3, -0.25) is 9.59 Å². The predicted octanol–water partition coefficient (Wildman–Crippen LogP) is 2.54. The Labute approximate surface area is 117 Å². The molecule has 1 amide bonds. The molecule has 1 fully saturated rings. The van der Waals surface area contributed by atoms with Crippen LogP contribution in [0.25, 0.3) is 0 Å².